The van der Waals surface area contributed by atoms with Crippen molar-refractivity contribution in [3.8, 4) is 11.5 Å². The molecule has 1 radical (unpaired) electrons. The highest BCUT2D eigenvalue weighted by Gasteiger charge is 2.26. The van der Waals surface area contributed by atoms with Gasteiger partial charge in [0.05, 0.1) is 14.2 Å². The Morgan fingerprint density at radius 1 is 1.05 bits per heavy atom. The molecule has 0 N–H and O–H groups in total. The number of benzene rings is 1. The Hall–Kier alpha value is -1.26. The van der Waals surface area contributed by atoms with Crippen molar-refractivity contribution in [1.29, 1.82) is 0 Å². The highest BCUT2D eigenvalue weighted by atomic mass is 16.5. The van der Waals surface area contributed by atoms with Gasteiger partial charge in [0.2, 0.25) is 0 Å². The van der Waals surface area contributed by atoms with E-state index in [2.05, 4.69) is 22.3 Å². The standard InChI is InChI=1S/C16H23N2O2/c1-19-15-9-12-5-8-18(14-3-6-17-7-4-14)11-13(12)10-16(15)20-2/h9-10,14H,3-8,11H2,1-2H3. The first kappa shape index (κ1) is 13.7. The van der Waals surface area contributed by atoms with Crippen LogP contribution in [0.3, 0.4) is 0 Å². The van der Waals surface area contributed by atoms with Crippen LogP contribution in [0.15, 0.2) is 12.1 Å². The van der Waals surface area contributed by atoms with Crippen molar-refractivity contribution in [3.63, 3.8) is 0 Å². The molecule has 1 aromatic carbocycles. The number of ether oxygens (including phenoxy) is 2. The van der Waals surface area contributed by atoms with Crippen molar-refractivity contribution in [2.45, 2.75) is 31.8 Å². The minimum atomic E-state index is 0.703. The zero-order valence-electron chi connectivity index (χ0n) is 12.4. The van der Waals surface area contributed by atoms with Crippen molar-refractivity contribution < 1.29 is 9.47 Å². The lowest BCUT2D eigenvalue weighted by atomic mass is 9.95. The van der Waals surface area contributed by atoms with E-state index < -0.39 is 0 Å². The van der Waals surface area contributed by atoms with Gasteiger partial charge in [-0.05, 0) is 42.5 Å². The fourth-order valence-corrected chi connectivity index (χ4v) is 3.32. The normalized spacial score (nSPS) is 20.5. The molecule has 0 unspecified atom stereocenters. The van der Waals surface area contributed by atoms with Crippen LogP contribution in [0.4, 0.5) is 0 Å². The third-order valence-corrected chi connectivity index (χ3v) is 4.50. The van der Waals surface area contributed by atoms with E-state index in [0.717, 1.165) is 44.1 Å². The van der Waals surface area contributed by atoms with E-state index in [0.29, 0.717) is 6.04 Å². The Balaban J connectivity index is 1.79. The predicted octanol–water partition coefficient (Wildman–Crippen LogP) is 1.83. The van der Waals surface area contributed by atoms with Gasteiger partial charge in [0.15, 0.2) is 11.5 Å². The maximum atomic E-state index is 5.42. The Bertz CT molecular complexity index is 470. The van der Waals surface area contributed by atoms with Gasteiger partial charge in [-0.1, -0.05) is 0 Å². The quantitative estimate of drug-likeness (QED) is 0.844. The molecule has 0 spiro atoms. The first-order valence-electron chi connectivity index (χ1n) is 7.43. The zero-order valence-corrected chi connectivity index (χ0v) is 12.4. The Morgan fingerprint density at radius 2 is 1.70 bits per heavy atom. The maximum absolute atomic E-state index is 5.42. The van der Waals surface area contributed by atoms with Gasteiger partial charge in [-0.3, -0.25) is 4.90 Å². The molecule has 2 heterocycles. The number of hydrogen-bond acceptors (Lipinski definition) is 3. The summed E-state index contributed by atoms with van der Waals surface area (Å²) in [6.45, 7) is 4.23. The van der Waals surface area contributed by atoms with Gasteiger partial charge >= 0.3 is 0 Å². The molecule has 1 saturated heterocycles. The van der Waals surface area contributed by atoms with Gasteiger partial charge in [0.1, 0.15) is 0 Å². The highest BCUT2D eigenvalue weighted by Crippen LogP contribution is 2.34. The molecule has 3 rings (SSSR count). The van der Waals surface area contributed by atoms with E-state index in [9.17, 15) is 0 Å². The molecule has 109 valence electrons. The van der Waals surface area contributed by atoms with Crippen LogP contribution in [-0.2, 0) is 13.0 Å². The zero-order chi connectivity index (χ0) is 13.9. The van der Waals surface area contributed by atoms with E-state index >= 15 is 0 Å². The van der Waals surface area contributed by atoms with Crippen LogP contribution < -0.4 is 14.8 Å². The fourth-order valence-electron chi connectivity index (χ4n) is 3.32. The Kier molecular flexibility index (Phi) is 4.13. The number of rotatable bonds is 3. The molecule has 0 atom stereocenters. The summed E-state index contributed by atoms with van der Waals surface area (Å²) in [5, 5.41) is 4.45. The number of piperidine rings is 1. The molecule has 0 aliphatic carbocycles. The van der Waals surface area contributed by atoms with Crippen molar-refractivity contribution >= 4 is 0 Å². The summed E-state index contributed by atoms with van der Waals surface area (Å²) in [6, 6.07) is 4.99. The molecule has 0 aromatic heterocycles. The molecule has 0 bridgehead atoms. The maximum Gasteiger partial charge on any atom is 0.161 e. The molecular weight excluding hydrogens is 252 g/mol. The van der Waals surface area contributed by atoms with Gasteiger partial charge in [-0.2, -0.15) is 0 Å². The average molecular weight is 275 g/mol. The molecule has 2 aliphatic heterocycles. The van der Waals surface area contributed by atoms with Crippen LogP contribution >= 0.6 is 0 Å². The summed E-state index contributed by atoms with van der Waals surface area (Å²) in [6.07, 6.45) is 3.52. The number of hydrogen-bond donors (Lipinski definition) is 0. The predicted molar refractivity (Wildman–Crippen MR) is 78.6 cm³/mol. The van der Waals surface area contributed by atoms with E-state index in [4.69, 9.17) is 9.47 Å². The molecule has 0 saturated carbocycles. The Morgan fingerprint density at radius 3 is 2.35 bits per heavy atom. The molecule has 1 fully saturated rings. The second kappa shape index (κ2) is 6.02. The first-order chi connectivity index (χ1) is 9.81. The van der Waals surface area contributed by atoms with Crippen molar-refractivity contribution in [1.82, 2.24) is 10.2 Å². The number of methoxy groups -OCH3 is 2. The van der Waals surface area contributed by atoms with Crippen LogP contribution in [0, 0.1) is 0 Å². The second-order valence-corrected chi connectivity index (χ2v) is 5.60. The van der Waals surface area contributed by atoms with Crippen molar-refractivity contribution in [2.24, 2.45) is 0 Å². The minimum Gasteiger partial charge on any atom is -0.493 e. The van der Waals surface area contributed by atoms with Crippen LogP contribution in [0.25, 0.3) is 0 Å². The van der Waals surface area contributed by atoms with Gasteiger partial charge in [0.25, 0.3) is 0 Å². The smallest absolute Gasteiger partial charge is 0.161 e. The lowest BCUT2D eigenvalue weighted by Gasteiger charge is -2.37. The van der Waals surface area contributed by atoms with E-state index in [1.54, 1.807) is 14.2 Å². The number of nitrogens with zero attached hydrogens (tertiary/aromatic N) is 2. The lowest BCUT2D eigenvalue weighted by Crippen LogP contribution is -2.43. The summed E-state index contributed by atoms with van der Waals surface area (Å²) < 4.78 is 10.8. The summed E-state index contributed by atoms with van der Waals surface area (Å²) in [4.78, 5) is 2.61. The number of fused-ring (bicyclic) bond motifs is 1. The third kappa shape index (κ3) is 2.63. The van der Waals surface area contributed by atoms with Crippen molar-refractivity contribution in [3.05, 3.63) is 23.3 Å². The highest BCUT2D eigenvalue weighted by molar-refractivity contribution is 5.48. The van der Waals surface area contributed by atoms with E-state index in [1.165, 1.54) is 24.0 Å². The summed E-state index contributed by atoms with van der Waals surface area (Å²) in [7, 11) is 3.40. The first-order valence-corrected chi connectivity index (χ1v) is 7.43. The van der Waals surface area contributed by atoms with Gasteiger partial charge in [-0.15, -0.1) is 0 Å². The monoisotopic (exact) mass is 275 g/mol. The topological polar surface area (TPSA) is 35.8 Å². The van der Waals surface area contributed by atoms with Crippen LogP contribution in [0.1, 0.15) is 24.0 Å². The third-order valence-electron chi connectivity index (χ3n) is 4.50. The lowest BCUT2D eigenvalue weighted by molar-refractivity contribution is 0.146. The summed E-state index contributed by atoms with van der Waals surface area (Å²) in [5.74, 6) is 1.68. The molecule has 1 aromatic rings. The van der Waals surface area contributed by atoms with Crippen LogP contribution in [0.2, 0.25) is 0 Å². The minimum absolute atomic E-state index is 0.703. The van der Waals surface area contributed by atoms with Gasteiger partial charge in [-0.25, -0.2) is 5.32 Å². The molecule has 4 nitrogen and oxygen atoms in total. The van der Waals surface area contributed by atoms with Gasteiger partial charge < -0.3 is 9.47 Å². The second-order valence-electron chi connectivity index (χ2n) is 5.60. The molecule has 20 heavy (non-hydrogen) atoms. The fraction of sp³-hybridized carbons (Fsp3) is 0.625. The van der Waals surface area contributed by atoms with Crippen molar-refractivity contribution in [2.75, 3.05) is 33.9 Å². The molecule has 0 amide bonds. The van der Waals surface area contributed by atoms with Crippen LogP contribution in [0.5, 0.6) is 11.5 Å². The van der Waals surface area contributed by atoms with E-state index in [1.807, 2.05) is 0 Å². The SMILES string of the molecule is COc1cc2c(cc1OC)CN(C1CC[N]CC1)CC2. The molecular formula is C16H23N2O2. The van der Waals surface area contributed by atoms with Gasteiger partial charge in [0, 0.05) is 32.2 Å². The summed E-state index contributed by atoms with van der Waals surface area (Å²) >= 11 is 0. The van der Waals surface area contributed by atoms with E-state index in [-0.39, 0.29) is 0 Å². The average Bonchev–Trinajstić information content (AvgIpc) is 2.53. The largest absolute Gasteiger partial charge is 0.493 e. The molecule has 2 aliphatic rings. The Labute approximate surface area is 121 Å². The molecule has 4 heteroatoms. The van der Waals surface area contributed by atoms with Crippen LogP contribution in [-0.4, -0.2) is 44.8 Å². The summed E-state index contributed by atoms with van der Waals surface area (Å²) in [5.41, 5.74) is 2.79.